The molecule has 1 heterocycles. The molecule has 0 aromatic heterocycles. The average molecular weight is 282 g/mol. The summed E-state index contributed by atoms with van der Waals surface area (Å²) in [5.41, 5.74) is 6.77. The first-order chi connectivity index (χ1) is 7.65. The van der Waals surface area contributed by atoms with Crippen LogP contribution in [0.1, 0.15) is 18.5 Å². The number of benzene rings is 1. The quantitative estimate of drug-likeness (QED) is 0.904. The Kier molecular flexibility index (Phi) is 2.96. The maximum atomic E-state index is 11.6. The standard InChI is InChI=1S/C11H12BrN3O/c1-2-15-9(10(13)14-11(15)16)7-5-3-4-6-8(7)12/h3-6,9H,2H2,1H3,(H2,13,14,16). The van der Waals surface area contributed by atoms with E-state index in [1.54, 1.807) is 4.90 Å². The van der Waals surface area contributed by atoms with Crippen LogP contribution in [-0.4, -0.2) is 23.3 Å². The van der Waals surface area contributed by atoms with E-state index >= 15 is 0 Å². The van der Waals surface area contributed by atoms with Gasteiger partial charge >= 0.3 is 6.03 Å². The lowest BCUT2D eigenvalue weighted by atomic mass is 10.1. The molecule has 1 aromatic carbocycles. The van der Waals surface area contributed by atoms with Crippen molar-refractivity contribution in [3.05, 3.63) is 34.3 Å². The van der Waals surface area contributed by atoms with Gasteiger partial charge in [0.15, 0.2) is 0 Å². The Bertz CT molecular complexity index is 458. The van der Waals surface area contributed by atoms with Crippen molar-refractivity contribution in [1.29, 1.82) is 0 Å². The van der Waals surface area contributed by atoms with Gasteiger partial charge in [0.25, 0.3) is 0 Å². The van der Waals surface area contributed by atoms with Crippen LogP contribution in [-0.2, 0) is 0 Å². The Morgan fingerprint density at radius 3 is 2.81 bits per heavy atom. The van der Waals surface area contributed by atoms with Gasteiger partial charge in [0, 0.05) is 11.0 Å². The van der Waals surface area contributed by atoms with E-state index in [-0.39, 0.29) is 12.1 Å². The van der Waals surface area contributed by atoms with Crippen LogP contribution in [0, 0.1) is 0 Å². The Morgan fingerprint density at radius 1 is 1.50 bits per heavy atom. The van der Waals surface area contributed by atoms with E-state index in [0.717, 1.165) is 10.0 Å². The molecular weight excluding hydrogens is 270 g/mol. The summed E-state index contributed by atoms with van der Waals surface area (Å²) in [5, 5.41) is 0. The van der Waals surface area contributed by atoms with Crippen molar-refractivity contribution in [2.75, 3.05) is 6.54 Å². The van der Waals surface area contributed by atoms with Crippen molar-refractivity contribution in [1.82, 2.24) is 4.90 Å². The van der Waals surface area contributed by atoms with Crippen LogP contribution in [0.3, 0.4) is 0 Å². The van der Waals surface area contributed by atoms with Gasteiger partial charge in [-0.05, 0) is 18.6 Å². The lowest BCUT2D eigenvalue weighted by Crippen LogP contribution is -2.33. The number of hydrogen-bond donors (Lipinski definition) is 1. The number of hydrogen-bond acceptors (Lipinski definition) is 2. The molecule has 0 spiro atoms. The lowest BCUT2D eigenvalue weighted by molar-refractivity contribution is 0.209. The fraction of sp³-hybridized carbons (Fsp3) is 0.273. The maximum absolute atomic E-state index is 11.6. The molecule has 2 rings (SSSR count). The Labute approximate surface area is 102 Å². The highest BCUT2D eigenvalue weighted by Crippen LogP contribution is 2.31. The van der Waals surface area contributed by atoms with E-state index in [1.807, 2.05) is 31.2 Å². The fourth-order valence-corrected chi connectivity index (χ4v) is 2.35. The molecule has 5 heteroatoms. The van der Waals surface area contributed by atoms with Crippen molar-refractivity contribution < 1.29 is 4.79 Å². The van der Waals surface area contributed by atoms with E-state index in [0.29, 0.717) is 12.4 Å². The number of aliphatic imine (C=N–C) groups is 1. The second-order valence-corrected chi connectivity index (χ2v) is 4.38. The van der Waals surface area contributed by atoms with E-state index in [2.05, 4.69) is 20.9 Å². The van der Waals surface area contributed by atoms with E-state index in [4.69, 9.17) is 5.73 Å². The van der Waals surface area contributed by atoms with Gasteiger partial charge in [-0.15, -0.1) is 0 Å². The molecule has 0 saturated heterocycles. The monoisotopic (exact) mass is 281 g/mol. The molecule has 84 valence electrons. The summed E-state index contributed by atoms with van der Waals surface area (Å²) in [6, 6.07) is 7.21. The topological polar surface area (TPSA) is 58.7 Å². The van der Waals surface area contributed by atoms with Crippen molar-refractivity contribution in [3.63, 3.8) is 0 Å². The fourth-order valence-electron chi connectivity index (χ4n) is 1.85. The van der Waals surface area contributed by atoms with Crippen LogP contribution in [0.5, 0.6) is 0 Å². The summed E-state index contributed by atoms with van der Waals surface area (Å²) < 4.78 is 0.936. The number of amidine groups is 1. The van der Waals surface area contributed by atoms with Crippen LogP contribution in [0.25, 0.3) is 0 Å². The van der Waals surface area contributed by atoms with Crippen LogP contribution >= 0.6 is 15.9 Å². The van der Waals surface area contributed by atoms with Gasteiger partial charge in [0.1, 0.15) is 11.9 Å². The van der Waals surface area contributed by atoms with Gasteiger partial charge in [-0.2, -0.15) is 4.99 Å². The smallest absolute Gasteiger partial charge is 0.346 e. The molecule has 2 amide bonds. The van der Waals surface area contributed by atoms with Crippen LogP contribution in [0.15, 0.2) is 33.7 Å². The number of halogens is 1. The molecule has 1 aliphatic rings. The highest BCUT2D eigenvalue weighted by atomic mass is 79.9. The Balaban J connectivity index is 2.44. The molecule has 0 saturated carbocycles. The van der Waals surface area contributed by atoms with Crippen molar-refractivity contribution in [2.24, 2.45) is 10.7 Å². The molecule has 1 unspecified atom stereocenters. The molecule has 0 radical (unpaired) electrons. The van der Waals surface area contributed by atoms with E-state index in [1.165, 1.54) is 0 Å². The Hall–Kier alpha value is -1.36. The van der Waals surface area contributed by atoms with Gasteiger partial charge in [-0.1, -0.05) is 34.1 Å². The number of nitrogens with zero attached hydrogens (tertiary/aromatic N) is 2. The largest absolute Gasteiger partial charge is 0.385 e. The minimum atomic E-state index is -0.263. The van der Waals surface area contributed by atoms with Crippen LogP contribution in [0.4, 0.5) is 4.79 Å². The van der Waals surface area contributed by atoms with Crippen molar-refractivity contribution in [3.8, 4) is 0 Å². The summed E-state index contributed by atoms with van der Waals surface area (Å²) in [6.07, 6.45) is 0. The van der Waals surface area contributed by atoms with E-state index < -0.39 is 0 Å². The van der Waals surface area contributed by atoms with Gasteiger partial charge < -0.3 is 10.6 Å². The summed E-state index contributed by atoms with van der Waals surface area (Å²) >= 11 is 3.46. The minimum absolute atomic E-state index is 0.243. The predicted molar refractivity (Wildman–Crippen MR) is 66.3 cm³/mol. The zero-order valence-corrected chi connectivity index (χ0v) is 10.4. The highest BCUT2D eigenvalue weighted by Gasteiger charge is 2.34. The zero-order valence-electron chi connectivity index (χ0n) is 8.85. The van der Waals surface area contributed by atoms with Gasteiger partial charge in [0.05, 0.1) is 0 Å². The van der Waals surface area contributed by atoms with Gasteiger partial charge in [0.2, 0.25) is 0 Å². The number of urea groups is 1. The molecule has 4 nitrogen and oxygen atoms in total. The molecule has 1 aliphatic heterocycles. The predicted octanol–water partition coefficient (Wildman–Crippen LogP) is 2.30. The van der Waals surface area contributed by atoms with Gasteiger partial charge in [-0.25, -0.2) is 4.79 Å². The first-order valence-electron chi connectivity index (χ1n) is 5.04. The molecule has 0 aliphatic carbocycles. The third-order valence-electron chi connectivity index (χ3n) is 2.60. The number of carbonyl (C=O) groups excluding carboxylic acids is 1. The average Bonchev–Trinajstić information content (AvgIpc) is 2.54. The number of likely N-dealkylation sites (N-methyl/N-ethyl adjacent to an activating group) is 1. The molecule has 1 aromatic rings. The first kappa shape index (κ1) is 11.1. The molecule has 16 heavy (non-hydrogen) atoms. The third-order valence-corrected chi connectivity index (χ3v) is 3.32. The number of carbonyl (C=O) groups is 1. The number of nitrogens with two attached hydrogens (primary N) is 1. The second kappa shape index (κ2) is 4.25. The Morgan fingerprint density at radius 2 is 2.19 bits per heavy atom. The molecule has 2 N–H and O–H groups in total. The van der Waals surface area contributed by atoms with Crippen molar-refractivity contribution in [2.45, 2.75) is 13.0 Å². The molecular formula is C11H12BrN3O. The van der Waals surface area contributed by atoms with Crippen molar-refractivity contribution >= 4 is 27.8 Å². The normalized spacial score (nSPS) is 20.1. The zero-order chi connectivity index (χ0) is 11.7. The number of amides is 2. The summed E-state index contributed by atoms with van der Waals surface area (Å²) in [4.78, 5) is 17.0. The van der Waals surface area contributed by atoms with E-state index in [9.17, 15) is 4.79 Å². The third kappa shape index (κ3) is 1.71. The molecule has 1 atom stereocenters. The van der Waals surface area contributed by atoms with Crippen LogP contribution < -0.4 is 5.73 Å². The summed E-state index contributed by atoms with van der Waals surface area (Å²) in [5.74, 6) is 0.360. The highest BCUT2D eigenvalue weighted by molar-refractivity contribution is 9.10. The first-order valence-corrected chi connectivity index (χ1v) is 5.83. The summed E-state index contributed by atoms with van der Waals surface area (Å²) in [6.45, 7) is 2.50. The molecule has 0 fully saturated rings. The SMILES string of the molecule is CCN1C(=O)N=C(N)C1c1ccccc1Br. The molecule has 0 bridgehead atoms. The lowest BCUT2D eigenvalue weighted by Gasteiger charge is -2.23. The number of rotatable bonds is 2. The maximum Gasteiger partial charge on any atom is 0.346 e. The van der Waals surface area contributed by atoms with Gasteiger partial charge in [-0.3, -0.25) is 0 Å². The second-order valence-electron chi connectivity index (χ2n) is 3.53. The summed E-state index contributed by atoms with van der Waals surface area (Å²) in [7, 11) is 0. The minimum Gasteiger partial charge on any atom is -0.385 e. The van der Waals surface area contributed by atoms with Crippen LogP contribution in [0.2, 0.25) is 0 Å².